The molecule has 6 heteroatoms. The van der Waals surface area contributed by atoms with E-state index in [1.807, 2.05) is 0 Å². The van der Waals surface area contributed by atoms with Crippen LogP contribution in [0.2, 0.25) is 0 Å². The highest BCUT2D eigenvalue weighted by atomic mass is 32.1. The van der Waals surface area contributed by atoms with E-state index in [1.165, 1.54) is 24.0 Å². The van der Waals surface area contributed by atoms with Crippen LogP contribution in [0.3, 0.4) is 0 Å². The SMILES string of the molecule is CCc1ccc(-c2c(CN3CCOCC3)sc(N)c2C(=O)OC)cc1. The van der Waals surface area contributed by atoms with Gasteiger partial charge in [0.15, 0.2) is 0 Å². The lowest BCUT2D eigenvalue weighted by Crippen LogP contribution is -2.35. The molecule has 0 aliphatic carbocycles. The second-order valence-corrected chi connectivity index (χ2v) is 7.21. The highest BCUT2D eigenvalue weighted by Gasteiger charge is 2.25. The van der Waals surface area contributed by atoms with Crippen LogP contribution in [0, 0.1) is 0 Å². The molecule has 0 radical (unpaired) electrons. The normalized spacial score (nSPS) is 15.3. The Morgan fingerprint density at radius 3 is 2.56 bits per heavy atom. The molecular weight excluding hydrogens is 336 g/mol. The van der Waals surface area contributed by atoms with E-state index in [4.69, 9.17) is 15.2 Å². The lowest BCUT2D eigenvalue weighted by atomic mass is 9.99. The van der Waals surface area contributed by atoms with Crippen LogP contribution in [0.15, 0.2) is 24.3 Å². The van der Waals surface area contributed by atoms with Crippen LogP contribution in [0.25, 0.3) is 11.1 Å². The quantitative estimate of drug-likeness (QED) is 0.830. The van der Waals surface area contributed by atoms with Gasteiger partial charge in [0.05, 0.1) is 20.3 Å². The number of esters is 1. The number of hydrogen-bond acceptors (Lipinski definition) is 6. The van der Waals surface area contributed by atoms with Crippen molar-refractivity contribution in [2.75, 3.05) is 39.1 Å². The topological polar surface area (TPSA) is 64.8 Å². The molecule has 1 fully saturated rings. The fraction of sp³-hybridized carbons (Fsp3) is 0.421. The van der Waals surface area contributed by atoms with Gasteiger partial charge < -0.3 is 15.2 Å². The molecular formula is C19H24N2O3S. The van der Waals surface area contributed by atoms with Gasteiger partial charge in [0.2, 0.25) is 0 Å². The van der Waals surface area contributed by atoms with Crippen LogP contribution in [-0.2, 0) is 22.4 Å². The zero-order valence-corrected chi connectivity index (χ0v) is 15.5. The van der Waals surface area contributed by atoms with Crippen molar-refractivity contribution in [3.8, 4) is 11.1 Å². The fourth-order valence-corrected chi connectivity index (χ4v) is 4.21. The second-order valence-electron chi connectivity index (χ2n) is 6.07. The largest absolute Gasteiger partial charge is 0.465 e. The van der Waals surface area contributed by atoms with Crippen LogP contribution in [-0.4, -0.2) is 44.3 Å². The summed E-state index contributed by atoms with van der Waals surface area (Å²) < 4.78 is 10.4. The average molecular weight is 360 g/mol. The van der Waals surface area contributed by atoms with E-state index < -0.39 is 0 Å². The van der Waals surface area contributed by atoms with Crippen molar-refractivity contribution in [3.63, 3.8) is 0 Å². The van der Waals surface area contributed by atoms with Gasteiger partial charge >= 0.3 is 5.97 Å². The first kappa shape index (κ1) is 17.9. The molecule has 1 aliphatic rings. The summed E-state index contributed by atoms with van der Waals surface area (Å²) in [5.74, 6) is -0.378. The summed E-state index contributed by atoms with van der Waals surface area (Å²) in [6.45, 7) is 6.15. The molecule has 25 heavy (non-hydrogen) atoms. The number of nitrogens with two attached hydrogens (primary N) is 1. The van der Waals surface area contributed by atoms with Crippen LogP contribution in [0.1, 0.15) is 27.7 Å². The summed E-state index contributed by atoms with van der Waals surface area (Å²) in [6.07, 6.45) is 0.983. The van der Waals surface area contributed by atoms with E-state index >= 15 is 0 Å². The molecule has 0 bridgehead atoms. The Hall–Kier alpha value is -1.89. The molecule has 3 rings (SSSR count). The molecule has 134 valence electrons. The first-order chi connectivity index (χ1) is 12.1. The fourth-order valence-electron chi connectivity index (χ4n) is 3.09. The summed E-state index contributed by atoms with van der Waals surface area (Å²) in [6, 6.07) is 8.33. The molecule has 0 saturated carbocycles. The number of rotatable bonds is 5. The van der Waals surface area contributed by atoms with Crippen molar-refractivity contribution in [2.24, 2.45) is 0 Å². The number of anilines is 1. The third kappa shape index (κ3) is 3.86. The molecule has 2 heterocycles. The van der Waals surface area contributed by atoms with Gasteiger partial charge in [0.1, 0.15) is 10.6 Å². The minimum Gasteiger partial charge on any atom is -0.465 e. The minimum absolute atomic E-state index is 0.378. The van der Waals surface area contributed by atoms with Crippen LogP contribution in [0.5, 0.6) is 0 Å². The summed E-state index contributed by atoms with van der Waals surface area (Å²) in [5, 5.41) is 0.518. The maximum Gasteiger partial charge on any atom is 0.341 e. The van der Waals surface area contributed by atoms with Gasteiger partial charge in [-0.15, -0.1) is 11.3 Å². The lowest BCUT2D eigenvalue weighted by molar-refractivity contribution is 0.0346. The molecule has 0 spiro atoms. The van der Waals surface area contributed by atoms with Crippen molar-refractivity contribution < 1.29 is 14.3 Å². The molecule has 1 aromatic carbocycles. The maximum absolute atomic E-state index is 12.3. The predicted octanol–water partition coefficient (Wildman–Crippen LogP) is 3.18. The van der Waals surface area contributed by atoms with E-state index in [2.05, 4.69) is 36.1 Å². The number of hydrogen-bond donors (Lipinski definition) is 1. The Morgan fingerprint density at radius 1 is 1.28 bits per heavy atom. The van der Waals surface area contributed by atoms with Gasteiger partial charge in [-0.2, -0.15) is 0 Å². The van der Waals surface area contributed by atoms with Gasteiger partial charge in [-0.25, -0.2) is 4.79 Å². The van der Waals surface area contributed by atoms with Gasteiger partial charge in [0, 0.05) is 30.1 Å². The third-order valence-electron chi connectivity index (χ3n) is 4.52. The first-order valence-corrected chi connectivity index (χ1v) is 9.34. The van der Waals surface area contributed by atoms with E-state index in [-0.39, 0.29) is 5.97 Å². The summed E-state index contributed by atoms with van der Waals surface area (Å²) in [5.41, 5.74) is 9.86. The Labute approximate surface area is 152 Å². The van der Waals surface area contributed by atoms with Crippen LogP contribution >= 0.6 is 11.3 Å². The zero-order chi connectivity index (χ0) is 17.8. The Balaban J connectivity index is 2.02. The van der Waals surface area contributed by atoms with Gasteiger partial charge in [-0.3, -0.25) is 4.90 Å². The zero-order valence-electron chi connectivity index (χ0n) is 14.7. The van der Waals surface area contributed by atoms with Crippen molar-refractivity contribution in [1.29, 1.82) is 0 Å². The van der Waals surface area contributed by atoms with Gasteiger partial charge in [-0.05, 0) is 17.5 Å². The van der Waals surface area contributed by atoms with Crippen molar-refractivity contribution >= 4 is 22.3 Å². The number of carbonyl (C=O) groups excluding carboxylic acids is 1. The molecule has 5 nitrogen and oxygen atoms in total. The summed E-state index contributed by atoms with van der Waals surface area (Å²) >= 11 is 1.48. The number of carbonyl (C=O) groups is 1. The van der Waals surface area contributed by atoms with Gasteiger partial charge in [0.25, 0.3) is 0 Å². The van der Waals surface area contributed by atoms with Crippen LogP contribution < -0.4 is 5.73 Å². The van der Waals surface area contributed by atoms with E-state index in [0.29, 0.717) is 10.6 Å². The molecule has 0 unspecified atom stereocenters. The molecule has 0 atom stereocenters. The van der Waals surface area contributed by atoms with Crippen LogP contribution in [0.4, 0.5) is 5.00 Å². The summed E-state index contributed by atoms with van der Waals surface area (Å²) in [7, 11) is 1.39. The number of nitrogen functional groups attached to an aromatic ring is 1. The van der Waals surface area contributed by atoms with Crippen molar-refractivity contribution in [3.05, 3.63) is 40.3 Å². The molecule has 1 aliphatic heterocycles. The van der Waals surface area contributed by atoms with Crippen molar-refractivity contribution in [2.45, 2.75) is 19.9 Å². The number of methoxy groups -OCH3 is 1. The molecule has 1 saturated heterocycles. The van der Waals surface area contributed by atoms with E-state index in [1.54, 1.807) is 0 Å². The monoisotopic (exact) mass is 360 g/mol. The third-order valence-corrected chi connectivity index (χ3v) is 5.52. The number of thiophene rings is 1. The number of aryl methyl sites for hydroxylation is 1. The van der Waals surface area contributed by atoms with Crippen molar-refractivity contribution in [1.82, 2.24) is 4.90 Å². The summed E-state index contributed by atoms with van der Waals surface area (Å²) in [4.78, 5) is 15.8. The molecule has 0 amide bonds. The Morgan fingerprint density at radius 2 is 1.96 bits per heavy atom. The Kier molecular flexibility index (Phi) is 5.73. The number of morpholine rings is 1. The maximum atomic E-state index is 12.3. The Bertz CT molecular complexity index is 734. The smallest absolute Gasteiger partial charge is 0.341 e. The number of ether oxygens (including phenoxy) is 2. The van der Waals surface area contributed by atoms with Gasteiger partial charge in [-0.1, -0.05) is 31.2 Å². The highest BCUT2D eigenvalue weighted by molar-refractivity contribution is 7.17. The minimum atomic E-state index is -0.378. The predicted molar refractivity (Wildman–Crippen MR) is 101 cm³/mol. The first-order valence-electron chi connectivity index (χ1n) is 8.53. The second kappa shape index (κ2) is 7.99. The molecule has 2 aromatic rings. The van der Waals surface area contributed by atoms with E-state index in [9.17, 15) is 4.79 Å². The number of benzene rings is 1. The standard InChI is InChI=1S/C19H24N2O3S/c1-3-13-4-6-14(7-5-13)16-15(12-21-8-10-24-11-9-21)25-18(20)17(16)19(22)23-2/h4-7H,3,8-12,20H2,1-2H3. The average Bonchev–Trinajstić information content (AvgIpc) is 2.97. The molecule has 2 N–H and O–H groups in total. The van der Waals surface area contributed by atoms with E-state index in [0.717, 1.165) is 55.3 Å². The number of nitrogens with zero attached hydrogens (tertiary/aromatic N) is 1. The molecule has 1 aromatic heterocycles. The highest BCUT2D eigenvalue weighted by Crippen LogP contribution is 2.40. The lowest BCUT2D eigenvalue weighted by Gasteiger charge is -2.26.